The Morgan fingerprint density at radius 1 is 0.912 bits per heavy atom. The van der Waals surface area contributed by atoms with Gasteiger partial charge >= 0.3 is 0 Å². The molecule has 0 aliphatic carbocycles. The molecule has 1 atom stereocenters. The van der Waals surface area contributed by atoms with Crippen molar-refractivity contribution in [2.75, 3.05) is 39.4 Å². The van der Waals surface area contributed by atoms with Gasteiger partial charge in [0.05, 0.1) is 25.7 Å². The van der Waals surface area contributed by atoms with E-state index >= 15 is 0 Å². The van der Waals surface area contributed by atoms with Gasteiger partial charge in [-0.2, -0.15) is 0 Å². The molecule has 0 saturated carbocycles. The van der Waals surface area contributed by atoms with Crippen LogP contribution in [0.3, 0.4) is 0 Å². The smallest absolute Gasteiger partial charge is 0.250 e. The molecule has 1 heterocycles. The lowest BCUT2D eigenvalue weighted by Crippen LogP contribution is -2.36. The van der Waals surface area contributed by atoms with Gasteiger partial charge in [0.2, 0.25) is 16.2 Å². The number of aliphatic hydroxyl groups excluding tert-OH is 1. The number of β-amino-alcohol motifs (C(OH)–C–C–N with tert-alkyl or cyclic N) is 1. The summed E-state index contributed by atoms with van der Waals surface area (Å²) in [4.78, 5) is 2.59. The summed E-state index contributed by atoms with van der Waals surface area (Å²) in [6.45, 7) is 12.7. The van der Waals surface area contributed by atoms with Gasteiger partial charge in [0.25, 0.3) is 0 Å². The number of hydrogen-bond acceptors (Lipinski definition) is 6. The lowest BCUT2D eigenvalue weighted by atomic mass is 9.92. The second kappa shape index (κ2) is 21.6. The Morgan fingerprint density at radius 2 is 1.41 bits per heavy atom. The maximum Gasteiger partial charge on any atom is 0.250 e. The third-order valence-corrected chi connectivity index (χ3v) is 7.00. The molecule has 204 valence electrons. The molecular weight excluding hydrogens is 452 g/mol. The van der Waals surface area contributed by atoms with Crippen LogP contribution in [-0.2, 0) is 14.6 Å². The average Bonchev–Trinajstić information content (AvgIpc) is 3.19. The van der Waals surface area contributed by atoms with Gasteiger partial charge in [-0.1, -0.05) is 90.9 Å². The second-order valence-electron chi connectivity index (χ2n) is 9.27. The van der Waals surface area contributed by atoms with Crippen molar-refractivity contribution < 1.29 is 26.8 Å². The van der Waals surface area contributed by atoms with E-state index in [1.807, 2.05) is 0 Å². The number of hydrogen-bond donors (Lipinski definition) is 1. The molecule has 34 heavy (non-hydrogen) atoms. The van der Waals surface area contributed by atoms with E-state index in [-0.39, 0.29) is 13.2 Å². The first kappa shape index (κ1) is 33.3. The molecule has 0 aromatic heterocycles. The molecule has 0 fully saturated rings. The third-order valence-electron chi connectivity index (χ3n) is 6.48. The fourth-order valence-corrected chi connectivity index (χ4v) is 5.03. The van der Waals surface area contributed by atoms with Crippen molar-refractivity contribution in [1.82, 2.24) is 4.90 Å². The average molecular weight is 507 g/mol. The summed E-state index contributed by atoms with van der Waals surface area (Å²) in [5, 5.41) is 9.50. The van der Waals surface area contributed by atoms with E-state index in [4.69, 9.17) is 0 Å². The Balaban J connectivity index is 0.00000135. The van der Waals surface area contributed by atoms with E-state index in [0.717, 1.165) is 26.2 Å². The van der Waals surface area contributed by atoms with Gasteiger partial charge in [-0.15, -0.1) is 0 Å². The van der Waals surface area contributed by atoms with Crippen LogP contribution in [0.25, 0.3) is 0 Å². The first-order chi connectivity index (χ1) is 16.3. The van der Waals surface area contributed by atoms with Crippen molar-refractivity contribution in [1.29, 1.82) is 0 Å². The molecule has 0 aromatic carbocycles. The molecule has 0 saturated heterocycles. The predicted molar refractivity (Wildman–Crippen MR) is 140 cm³/mol. The highest BCUT2D eigenvalue weighted by molar-refractivity contribution is 7.80. The summed E-state index contributed by atoms with van der Waals surface area (Å²) in [6.07, 6.45) is 19.3. The third kappa shape index (κ3) is 16.8. The molecule has 1 aliphatic rings. The summed E-state index contributed by atoms with van der Waals surface area (Å²) in [7, 11) is -4.42. The maximum absolute atomic E-state index is 9.50. The summed E-state index contributed by atoms with van der Waals surface area (Å²) in [5.74, 6) is 2.27. The van der Waals surface area contributed by atoms with E-state index < -0.39 is 10.4 Å². The lowest BCUT2D eigenvalue weighted by molar-refractivity contribution is -0.522. The predicted octanol–water partition coefficient (Wildman–Crippen LogP) is 5.33. The molecule has 0 spiro atoms. The Bertz CT molecular complexity index is 610. The number of unbranched alkanes of at least 4 members (excludes halogenated alkanes) is 10. The second-order valence-corrected chi connectivity index (χ2v) is 10.3. The molecule has 1 unspecified atom stereocenters. The zero-order valence-corrected chi connectivity index (χ0v) is 23.4. The van der Waals surface area contributed by atoms with Crippen molar-refractivity contribution in [2.45, 2.75) is 118 Å². The lowest BCUT2D eigenvalue weighted by Gasteiger charge is -2.21. The Hall–Kier alpha value is -0.700. The number of likely N-dealkylation sites (N-methyl/N-ethyl adjacent to an activating group) is 1. The summed E-state index contributed by atoms with van der Waals surface area (Å²) in [6, 6.07) is 0. The Labute approximate surface area is 210 Å². The number of aliphatic hydroxyl groups is 1. The van der Waals surface area contributed by atoms with Crippen LogP contribution < -0.4 is 0 Å². The van der Waals surface area contributed by atoms with Crippen LogP contribution >= 0.6 is 0 Å². The van der Waals surface area contributed by atoms with Gasteiger partial charge in [0, 0.05) is 0 Å². The molecule has 7 nitrogen and oxygen atoms in total. The molecule has 8 heteroatoms. The molecule has 1 aliphatic heterocycles. The largest absolute Gasteiger partial charge is 0.726 e. The minimum atomic E-state index is -4.42. The molecule has 1 rings (SSSR count). The molecule has 0 bridgehead atoms. The fourth-order valence-electron chi connectivity index (χ4n) is 4.74. The SMILES string of the molecule is CCCCCCCCCC(CCCCCCC)C1=[N+](CCO)CCN1CC.CCOS(=O)(=O)[O-]. The maximum atomic E-state index is 9.50. The quantitative estimate of drug-likeness (QED) is 0.104. The van der Waals surface area contributed by atoms with Gasteiger partial charge in [-0.05, 0) is 26.7 Å². The van der Waals surface area contributed by atoms with Crippen molar-refractivity contribution >= 4 is 16.2 Å². The minimum Gasteiger partial charge on any atom is -0.726 e. The van der Waals surface area contributed by atoms with Gasteiger partial charge in [-0.25, -0.2) is 8.42 Å². The van der Waals surface area contributed by atoms with Crippen LogP contribution in [0.1, 0.15) is 118 Å². The highest BCUT2D eigenvalue weighted by atomic mass is 32.3. The van der Waals surface area contributed by atoms with Crippen molar-refractivity contribution in [3.8, 4) is 0 Å². The minimum absolute atomic E-state index is 0.0914. The van der Waals surface area contributed by atoms with Crippen molar-refractivity contribution in [2.24, 2.45) is 5.92 Å². The number of amidine groups is 1. The van der Waals surface area contributed by atoms with Crippen molar-refractivity contribution in [3.05, 3.63) is 0 Å². The first-order valence-electron chi connectivity index (χ1n) is 13.9. The monoisotopic (exact) mass is 506 g/mol. The van der Waals surface area contributed by atoms with Crippen LogP contribution in [-0.4, -0.2) is 72.8 Å². The van der Waals surface area contributed by atoms with Crippen LogP contribution in [0.5, 0.6) is 0 Å². The van der Waals surface area contributed by atoms with Gasteiger partial charge in [0.1, 0.15) is 19.6 Å². The molecular formula is C26H54N2O5S. The normalized spacial score (nSPS) is 14.9. The van der Waals surface area contributed by atoms with Crippen LogP contribution in [0.15, 0.2) is 0 Å². The van der Waals surface area contributed by atoms with E-state index in [1.54, 1.807) is 5.84 Å². The molecule has 0 radical (unpaired) electrons. The summed E-state index contributed by atoms with van der Waals surface area (Å²) < 4.78 is 34.5. The molecule has 0 aromatic rings. The van der Waals surface area contributed by atoms with Crippen LogP contribution in [0.4, 0.5) is 0 Å². The Kier molecular flexibility index (Phi) is 21.1. The zero-order valence-electron chi connectivity index (χ0n) is 22.6. The van der Waals surface area contributed by atoms with Crippen LogP contribution in [0.2, 0.25) is 0 Å². The molecule has 0 amide bonds. The summed E-state index contributed by atoms with van der Waals surface area (Å²) in [5.41, 5.74) is 0. The van der Waals surface area contributed by atoms with E-state index in [9.17, 15) is 18.1 Å². The standard InChI is InChI=1S/C24H49N2O.C2H6O4S/c1-4-7-9-11-12-14-16-18-23(17-15-13-10-8-5-2)24-25(6-3)19-20-26(24)21-22-27;1-2-6-7(3,4)5/h23,27H,4-22H2,1-3H3;2H2,1H3,(H,3,4,5)/q+1;/p-1. The zero-order chi connectivity index (χ0) is 25.7. The topological polar surface area (TPSA) is 92.9 Å². The van der Waals surface area contributed by atoms with Gasteiger partial charge in [-0.3, -0.25) is 13.7 Å². The first-order valence-corrected chi connectivity index (χ1v) is 15.3. The molecule has 1 N–H and O–H groups in total. The van der Waals surface area contributed by atoms with Crippen LogP contribution in [0, 0.1) is 5.92 Å². The van der Waals surface area contributed by atoms with E-state index in [2.05, 4.69) is 34.4 Å². The van der Waals surface area contributed by atoms with Gasteiger partial charge < -0.3 is 9.66 Å². The Morgan fingerprint density at radius 3 is 1.79 bits per heavy atom. The number of nitrogens with zero attached hydrogens (tertiary/aromatic N) is 2. The highest BCUT2D eigenvalue weighted by Crippen LogP contribution is 2.24. The fraction of sp³-hybridized carbons (Fsp3) is 0.962. The van der Waals surface area contributed by atoms with Gasteiger partial charge in [0.15, 0.2) is 0 Å². The van der Waals surface area contributed by atoms with Crippen molar-refractivity contribution in [3.63, 3.8) is 0 Å². The highest BCUT2D eigenvalue weighted by Gasteiger charge is 2.34. The van der Waals surface area contributed by atoms with E-state index in [0.29, 0.717) is 5.92 Å². The van der Waals surface area contributed by atoms with E-state index in [1.165, 1.54) is 96.8 Å². The summed E-state index contributed by atoms with van der Waals surface area (Å²) >= 11 is 0. The number of rotatable bonds is 20.